The third-order valence-electron chi connectivity index (χ3n) is 13.2. The number of hydrogen-bond donors (Lipinski definition) is 4. The summed E-state index contributed by atoms with van der Waals surface area (Å²) in [5, 5.41) is 32.5. The number of aromatic nitrogens is 1. The number of aromatic hydroxyl groups is 2. The van der Waals surface area contributed by atoms with Crippen LogP contribution in [-0.2, 0) is 10.2 Å². The number of phenolic OH excluding ortho intramolecular Hbond substituents is 2. The zero-order valence-corrected chi connectivity index (χ0v) is 25.3. The molecule has 0 bridgehead atoms. The van der Waals surface area contributed by atoms with Crippen molar-refractivity contribution in [2.45, 2.75) is 90.9 Å². The second kappa shape index (κ2) is 8.42. The molecular formula is C36H42FNO4. The summed E-state index contributed by atoms with van der Waals surface area (Å²) in [6, 6.07) is 8.23. The van der Waals surface area contributed by atoms with Crippen molar-refractivity contribution in [3.05, 3.63) is 70.7 Å². The molecule has 0 saturated heterocycles. The summed E-state index contributed by atoms with van der Waals surface area (Å²) in [5.41, 5.74) is 3.78. The number of aromatic amines is 1. The highest BCUT2D eigenvalue weighted by Gasteiger charge is 2.67. The number of nitrogens with one attached hydrogen (secondary N) is 1. The first-order chi connectivity index (χ1) is 19.7. The molecule has 2 aromatic carbocycles. The van der Waals surface area contributed by atoms with Gasteiger partial charge in [-0.25, -0.2) is 4.39 Å². The van der Waals surface area contributed by atoms with Gasteiger partial charge in [0.25, 0.3) is 0 Å². The SMILES string of the molecule is C[C@@]1(C(=O)O)CC[C@]2(C)CC[C@]3(C)C4=CC(c5c[nH]c6ccc(F)cc56)c5cc(O)c(O)cc5[C@]4(C)CC[C@@]3(C)[C@@H]2C1. The van der Waals surface area contributed by atoms with Crippen molar-refractivity contribution in [1.82, 2.24) is 4.98 Å². The number of halogens is 1. The van der Waals surface area contributed by atoms with Gasteiger partial charge in [-0.15, -0.1) is 0 Å². The largest absolute Gasteiger partial charge is 0.504 e. The Labute approximate surface area is 246 Å². The maximum Gasteiger partial charge on any atom is 0.309 e. The van der Waals surface area contributed by atoms with Gasteiger partial charge < -0.3 is 20.3 Å². The molecule has 42 heavy (non-hydrogen) atoms. The summed E-state index contributed by atoms with van der Waals surface area (Å²) in [6.07, 6.45) is 10.5. The first kappa shape index (κ1) is 27.5. The zero-order chi connectivity index (χ0) is 30.0. The fourth-order valence-electron chi connectivity index (χ4n) is 10.2. The Hall–Kier alpha value is -3.28. The summed E-state index contributed by atoms with van der Waals surface area (Å²) < 4.78 is 14.5. The fraction of sp³-hybridized carbons (Fsp3) is 0.528. The van der Waals surface area contributed by atoms with Crippen molar-refractivity contribution in [3.63, 3.8) is 0 Å². The van der Waals surface area contributed by atoms with Crippen LogP contribution in [0, 0.1) is 33.4 Å². The molecule has 3 saturated carbocycles. The standard InChI is InChI=1S/C36H42FNO4/c1-32-8-9-33(2,31(41)42)18-30(32)36(5)13-11-34(3)25-17-28(40)27(39)15-22(25)21(16-29(34)35(36,4)12-10-32)24-19-38-26-7-6-20(37)14-23(24)26/h6-7,14-17,19,21,30,38-40H,8-13,18H2,1-5H3,(H,41,42)/t21?,30-,32-,33-,34+,35-,36+/m1/s1. The lowest BCUT2D eigenvalue weighted by Gasteiger charge is -2.70. The Morgan fingerprint density at radius 3 is 2.36 bits per heavy atom. The maximum atomic E-state index is 14.5. The van der Waals surface area contributed by atoms with Crippen LogP contribution in [0.15, 0.2) is 48.2 Å². The molecule has 1 unspecified atom stereocenters. The number of H-pyrrole nitrogens is 1. The normalized spacial score (nSPS) is 39.0. The van der Waals surface area contributed by atoms with E-state index < -0.39 is 11.4 Å². The van der Waals surface area contributed by atoms with Crippen LogP contribution in [-0.4, -0.2) is 26.3 Å². The van der Waals surface area contributed by atoms with Crippen molar-refractivity contribution < 1.29 is 24.5 Å². The predicted octanol–water partition coefficient (Wildman–Crippen LogP) is 8.55. The molecule has 4 N–H and O–H groups in total. The van der Waals surface area contributed by atoms with Crippen LogP contribution in [0.5, 0.6) is 11.5 Å². The van der Waals surface area contributed by atoms with Crippen LogP contribution < -0.4 is 0 Å². The van der Waals surface area contributed by atoms with Crippen molar-refractivity contribution in [2.24, 2.45) is 27.6 Å². The number of carboxylic acid groups (broad SMARTS) is 1. The molecule has 3 fully saturated rings. The van der Waals surface area contributed by atoms with E-state index in [0.29, 0.717) is 6.42 Å². The van der Waals surface area contributed by atoms with Gasteiger partial charge >= 0.3 is 5.97 Å². The van der Waals surface area contributed by atoms with E-state index >= 15 is 0 Å². The van der Waals surface area contributed by atoms with Gasteiger partial charge in [0.15, 0.2) is 11.5 Å². The molecule has 7 atom stereocenters. The van der Waals surface area contributed by atoms with Crippen LogP contribution in [0.4, 0.5) is 4.39 Å². The van der Waals surface area contributed by atoms with Gasteiger partial charge in [-0.1, -0.05) is 39.3 Å². The number of aliphatic carboxylic acids is 1. The Morgan fingerprint density at radius 1 is 0.905 bits per heavy atom. The fourth-order valence-corrected chi connectivity index (χ4v) is 10.2. The smallest absolute Gasteiger partial charge is 0.309 e. The minimum Gasteiger partial charge on any atom is -0.504 e. The highest BCUT2D eigenvalue weighted by Crippen LogP contribution is 2.75. The Morgan fingerprint density at radius 2 is 1.62 bits per heavy atom. The Balaban J connectivity index is 1.45. The molecule has 0 aliphatic heterocycles. The lowest BCUT2D eigenvalue weighted by Crippen LogP contribution is -2.62. The minimum absolute atomic E-state index is 0.0991. The molecule has 1 aromatic heterocycles. The average molecular weight is 572 g/mol. The lowest BCUT2D eigenvalue weighted by atomic mass is 9.34. The van der Waals surface area contributed by atoms with Crippen molar-refractivity contribution in [1.29, 1.82) is 0 Å². The Bertz CT molecular complexity index is 1690. The quantitative estimate of drug-likeness (QED) is 0.183. The van der Waals surface area contributed by atoms with Crippen LogP contribution in [0.1, 0.15) is 102 Å². The summed E-state index contributed by atoms with van der Waals surface area (Å²) in [5.74, 6) is -1.24. The minimum atomic E-state index is -0.723. The van der Waals surface area contributed by atoms with Gasteiger partial charge in [0.05, 0.1) is 5.41 Å². The van der Waals surface area contributed by atoms with Crippen molar-refractivity contribution in [2.75, 3.05) is 0 Å². The van der Waals surface area contributed by atoms with Crippen LogP contribution in [0.2, 0.25) is 0 Å². The predicted molar refractivity (Wildman–Crippen MR) is 161 cm³/mol. The molecule has 5 nitrogen and oxygen atoms in total. The molecule has 0 radical (unpaired) electrons. The van der Waals surface area contributed by atoms with E-state index in [1.807, 2.05) is 13.1 Å². The van der Waals surface area contributed by atoms with E-state index in [4.69, 9.17) is 0 Å². The molecule has 4 aliphatic carbocycles. The molecule has 3 aromatic rings. The second-order valence-electron chi connectivity index (χ2n) is 15.3. The lowest BCUT2D eigenvalue weighted by molar-refractivity contribution is -0.177. The van der Waals surface area contributed by atoms with E-state index in [0.717, 1.165) is 66.1 Å². The van der Waals surface area contributed by atoms with Crippen molar-refractivity contribution in [3.8, 4) is 11.5 Å². The highest BCUT2D eigenvalue weighted by atomic mass is 19.1. The zero-order valence-electron chi connectivity index (χ0n) is 25.3. The third-order valence-corrected chi connectivity index (χ3v) is 13.2. The molecule has 0 spiro atoms. The number of rotatable bonds is 2. The summed E-state index contributed by atoms with van der Waals surface area (Å²) in [4.78, 5) is 15.8. The monoisotopic (exact) mass is 571 g/mol. The number of phenols is 2. The van der Waals surface area contributed by atoms with E-state index in [-0.39, 0.29) is 50.8 Å². The van der Waals surface area contributed by atoms with Gasteiger partial charge in [-0.2, -0.15) is 0 Å². The van der Waals surface area contributed by atoms with Crippen LogP contribution in [0.25, 0.3) is 10.9 Å². The number of fused-ring (bicyclic) bond motifs is 8. The van der Waals surface area contributed by atoms with Gasteiger partial charge in [0.1, 0.15) is 5.82 Å². The summed E-state index contributed by atoms with van der Waals surface area (Å²) in [7, 11) is 0. The number of benzene rings is 2. The number of carbonyl (C=O) groups is 1. The maximum absolute atomic E-state index is 14.5. The second-order valence-corrected chi connectivity index (χ2v) is 15.3. The van der Waals surface area contributed by atoms with Gasteiger partial charge in [0.2, 0.25) is 0 Å². The average Bonchev–Trinajstić information content (AvgIpc) is 3.35. The topological polar surface area (TPSA) is 93.5 Å². The van der Waals surface area contributed by atoms with Gasteiger partial charge in [-0.05, 0) is 121 Å². The van der Waals surface area contributed by atoms with Gasteiger partial charge in [0, 0.05) is 28.4 Å². The molecule has 4 aliphatic rings. The van der Waals surface area contributed by atoms with E-state index in [1.54, 1.807) is 24.3 Å². The third kappa shape index (κ3) is 3.38. The molecule has 222 valence electrons. The van der Waals surface area contributed by atoms with Crippen LogP contribution >= 0.6 is 0 Å². The highest BCUT2D eigenvalue weighted by molar-refractivity contribution is 5.85. The van der Waals surface area contributed by atoms with E-state index in [9.17, 15) is 24.5 Å². The van der Waals surface area contributed by atoms with Crippen LogP contribution in [0.3, 0.4) is 0 Å². The number of carboxylic acids is 1. The summed E-state index contributed by atoms with van der Waals surface area (Å²) in [6.45, 7) is 11.4. The number of hydrogen-bond acceptors (Lipinski definition) is 3. The molecule has 1 heterocycles. The number of allylic oxidation sites excluding steroid dienone is 2. The van der Waals surface area contributed by atoms with Gasteiger partial charge in [-0.3, -0.25) is 4.79 Å². The molecule has 7 rings (SSSR count). The van der Waals surface area contributed by atoms with E-state index in [1.165, 1.54) is 11.6 Å². The summed E-state index contributed by atoms with van der Waals surface area (Å²) >= 11 is 0. The molecular weight excluding hydrogens is 529 g/mol. The van der Waals surface area contributed by atoms with Crippen molar-refractivity contribution >= 4 is 16.9 Å². The first-order valence-electron chi connectivity index (χ1n) is 15.4. The van der Waals surface area contributed by atoms with E-state index in [2.05, 4.69) is 38.8 Å². The Kier molecular flexibility index (Phi) is 5.52. The molecule has 6 heteroatoms. The first-order valence-corrected chi connectivity index (χ1v) is 15.4. The molecule has 0 amide bonds.